The van der Waals surface area contributed by atoms with Crippen LogP contribution < -0.4 is 4.90 Å². The van der Waals surface area contributed by atoms with E-state index in [4.69, 9.17) is 16.6 Å². The van der Waals surface area contributed by atoms with Gasteiger partial charge < -0.3 is 4.42 Å². The van der Waals surface area contributed by atoms with Crippen LogP contribution in [0.3, 0.4) is 0 Å². The number of carbonyl (C=O) groups is 1. The van der Waals surface area contributed by atoms with Gasteiger partial charge in [0, 0.05) is 6.08 Å². The van der Waals surface area contributed by atoms with E-state index in [2.05, 4.69) is 15.9 Å². The maximum atomic E-state index is 12.7. The van der Waals surface area contributed by atoms with Gasteiger partial charge in [0.2, 0.25) is 0 Å². The maximum absolute atomic E-state index is 12.7. The first-order valence-electron chi connectivity index (χ1n) is 6.56. The van der Waals surface area contributed by atoms with E-state index >= 15 is 0 Å². The van der Waals surface area contributed by atoms with Crippen LogP contribution in [-0.4, -0.2) is 10.2 Å². The molecule has 1 aliphatic heterocycles. The first kappa shape index (κ1) is 15.5. The smallest absolute Gasteiger partial charge is 0.270 e. The first-order valence-corrected chi connectivity index (χ1v) is 8.58. The molecule has 3 nitrogen and oxygen atoms in total. The highest BCUT2D eigenvalue weighted by atomic mass is 79.9. The van der Waals surface area contributed by atoms with E-state index in [9.17, 15) is 4.79 Å². The predicted molar refractivity (Wildman–Crippen MR) is 98.0 cm³/mol. The molecule has 0 atom stereocenters. The lowest BCUT2D eigenvalue weighted by atomic mass is 10.1. The van der Waals surface area contributed by atoms with Crippen molar-refractivity contribution >= 4 is 61.9 Å². The van der Waals surface area contributed by atoms with E-state index < -0.39 is 0 Å². The van der Waals surface area contributed by atoms with E-state index in [1.165, 1.54) is 11.8 Å². The fourth-order valence-electron chi connectivity index (χ4n) is 2.17. The number of thioether (sulfide) groups is 1. The van der Waals surface area contributed by atoms with E-state index in [1.807, 2.05) is 32.0 Å². The van der Waals surface area contributed by atoms with Gasteiger partial charge in [0.25, 0.3) is 5.91 Å². The van der Waals surface area contributed by atoms with Gasteiger partial charge in [-0.25, -0.2) is 0 Å². The molecule has 0 radical (unpaired) electrons. The molecule has 1 aromatic heterocycles. The van der Waals surface area contributed by atoms with E-state index in [0.717, 1.165) is 16.8 Å². The Hall–Kier alpha value is -1.37. The first-order chi connectivity index (χ1) is 10.5. The number of hydrogen-bond donors (Lipinski definition) is 0. The van der Waals surface area contributed by atoms with Gasteiger partial charge in [0.05, 0.1) is 10.6 Å². The minimum atomic E-state index is -0.115. The number of rotatable bonds is 2. The highest BCUT2D eigenvalue weighted by Gasteiger charge is 2.34. The van der Waals surface area contributed by atoms with Gasteiger partial charge in [-0.2, -0.15) is 0 Å². The minimum Gasteiger partial charge on any atom is -0.450 e. The van der Waals surface area contributed by atoms with Crippen LogP contribution in [0.15, 0.2) is 44.3 Å². The number of anilines is 1. The Bertz CT molecular complexity index is 810. The lowest BCUT2D eigenvalue weighted by molar-refractivity contribution is -0.113. The van der Waals surface area contributed by atoms with Crippen LogP contribution >= 0.6 is 39.9 Å². The fourth-order valence-corrected chi connectivity index (χ4v) is 3.75. The second-order valence-electron chi connectivity index (χ2n) is 4.95. The number of aryl methyl sites for hydroxylation is 2. The average molecular weight is 394 g/mol. The third-order valence-electron chi connectivity index (χ3n) is 3.27. The molecule has 0 N–H and O–H groups in total. The Kier molecular flexibility index (Phi) is 4.25. The molecule has 22 heavy (non-hydrogen) atoms. The summed E-state index contributed by atoms with van der Waals surface area (Å²) in [5, 5.41) is 0. The zero-order chi connectivity index (χ0) is 15.9. The molecule has 3 rings (SSSR count). The van der Waals surface area contributed by atoms with Gasteiger partial charge in [-0.3, -0.25) is 9.69 Å². The molecule has 112 valence electrons. The number of hydrogen-bond acceptors (Lipinski definition) is 4. The fraction of sp³-hybridized carbons (Fsp3) is 0.125. The van der Waals surface area contributed by atoms with Crippen LogP contribution in [0.2, 0.25) is 0 Å². The molecule has 0 aliphatic carbocycles. The third-order valence-corrected chi connectivity index (χ3v) is 4.99. The van der Waals surface area contributed by atoms with Gasteiger partial charge in [-0.1, -0.05) is 36.1 Å². The van der Waals surface area contributed by atoms with Crippen LogP contribution in [0, 0.1) is 13.8 Å². The number of nitrogens with zero attached hydrogens (tertiary/aromatic N) is 1. The predicted octanol–water partition coefficient (Wildman–Crippen LogP) is 5.06. The monoisotopic (exact) mass is 393 g/mol. The number of furan rings is 1. The van der Waals surface area contributed by atoms with Crippen LogP contribution in [0.1, 0.15) is 16.9 Å². The zero-order valence-corrected chi connectivity index (χ0v) is 15.1. The molecule has 2 aromatic rings. The van der Waals surface area contributed by atoms with Crippen molar-refractivity contribution in [3.8, 4) is 0 Å². The van der Waals surface area contributed by atoms with E-state index in [-0.39, 0.29) is 5.91 Å². The summed E-state index contributed by atoms with van der Waals surface area (Å²) in [5.41, 5.74) is 2.95. The quantitative estimate of drug-likeness (QED) is 0.526. The molecule has 1 aliphatic rings. The maximum Gasteiger partial charge on any atom is 0.270 e. The average Bonchev–Trinajstić information content (AvgIpc) is 2.98. The number of amides is 1. The molecule has 0 saturated carbocycles. The van der Waals surface area contributed by atoms with E-state index in [1.54, 1.807) is 23.1 Å². The second kappa shape index (κ2) is 6.02. The van der Waals surface area contributed by atoms with Crippen molar-refractivity contribution in [3.63, 3.8) is 0 Å². The molecular formula is C16H12BrNO2S2. The largest absolute Gasteiger partial charge is 0.450 e. The topological polar surface area (TPSA) is 33.5 Å². The molecule has 1 saturated heterocycles. The Morgan fingerprint density at radius 2 is 2.05 bits per heavy atom. The lowest BCUT2D eigenvalue weighted by Crippen LogP contribution is -2.28. The van der Waals surface area contributed by atoms with Gasteiger partial charge in [0.1, 0.15) is 5.76 Å². The van der Waals surface area contributed by atoms with Crippen molar-refractivity contribution < 1.29 is 9.21 Å². The van der Waals surface area contributed by atoms with Crippen LogP contribution in [0.25, 0.3) is 6.08 Å². The van der Waals surface area contributed by atoms with Crippen molar-refractivity contribution in [2.24, 2.45) is 0 Å². The van der Waals surface area contributed by atoms with Crippen LogP contribution in [0.4, 0.5) is 5.69 Å². The summed E-state index contributed by atoms with van der Waals surface area (Å²) < 4.78 is 6.59. The molecule has 0 bridgehead atoms. The SMILES string of the molecule is Cc1ccc(C)c(N2C(=O)/C(=C\c3ccc(Br)o3)SC2=S)c1. The van der Waals surface area contributed by atoms with Crippen molar-refractivity contribution in [2.75, 3.05) is 4.90 Å². The summed E-state index contributed by atoms with van der Waals surface area (Å²) >= 11 is 9.93. The summed E-state index contributed by atoms with van der Waals surface area (Å²) in [4.78, 5) is 14.8. The lowest BCUT2D eigenvalue weighted by Gasteiger charge is -2.17. The Morgan fingerprint density at radius 1 is 1.27 bits per heavy atom. The highest BCUT2D eigenvalue weighted by molar-refractivity contribution is 9.10. The van der Waals surface area contributed by atoms with Crippen molar-refractivity contribution in [2.45, 2.75) is 13.8 Å². The molecule has 1 amide bonds. The molecule has 1 aromatic carbocycles. The molecular weight excluding hydrogens is 382 g/mol. The zero-order valence-electron chi connectivity index (χ0n) is 11.9. The van der Waals surface area contributed by atoms with Gasteiger partial charge in [-0.05, 0) is 59.1 Å². The van der Waals surface area contributed by atoms with Crippen LogP contribution in [0.5, 0.6) is 0 Å². The number of benzene rings is 1. The normalized spacial score (nSPS) is 16.9. The Balaban J connectivity index is 1.98. The molecule has 2 heterocycles. The summed E-state index contributed by atoms with van der Waals surface area (Å²) in [5.74, 6) is 0.504. The Morgan fingerprint density at radius 3 is 2.73 bits per heavy atom. The second-order valence-corrected chi connectivity index (χ2v) is 7.41. The van der Waals surface area contributed by atoms with Crippen LogP contribution in [-0.2, 0) is 4.79 Å². The molecule has 1 fully saturated rings. The number of halogens is 1. The molecule has 0 unspecified atom stereocenters. The summed E-state index contributed by atoms with van der Waals surface area (Å²) in [6, 6.07) is 9.58. The summed E-state index contributed by atoms with van der Waals surface area (Å²) in [6.07, 6.45) is 1.72. The number of thiocarbonyl (C=S) groups is 1. The standard InChI is InChI=1S/C16H12BrNO2S2/c1-9-3-4-10(2)12(7-9)18-15(19)13(22-16(18)21)8-11-5-6-14(17)20-11/h3-8H,1-2H3/b13-8+. The summed E-state index contributed by atoms with van der Waals surface area (Å²) in [6.45, 7) is 3.97. The van der Waals surface area contributed by atoms with Crippen molar-refractivity contribution in [1.82, 2.24) is 0 Å². The van der Waals surface area contributed by atoms with Crippen molar-refractivity contribution in [1.29, 1.82) is 0 Å². The van der Waals surface area contributed by atoms with Gasteiger partial charge >= 0.3 is 0 Å². The van der Waals surface area contributed by atoms with Crippen molar-refractivity contribution in [3.05, 3.63) is 56.8 Å². The molecule has 0 spiro atoms. The Labute approximate surface area is 146 Å². The van der Waals surface area contributed by atoms with Gasteiger partial charge in [0.15, 0.2) is 8.99 Å². The molecule has 6 heteroatoms. The third kappa shape index (κ3) is 2.91. The highest BCUT2D eigenvalue weighted by Crippen LogP contribution is 2.37. The minimum absolute atomic E-state index is 0.115. The van der Waals surface area contributed by atoms with Gasteiger partial charge in [-0.15, -0.1) is 0 Å². The summed E-state index contributed by atoms with van der Waals surface area (Å²) in [7, 11) is 0. The van der Waals surface area contributed by atoms with E-state index in [0.29, 0.717) is 19.7 Å². The number of carbonyl (C=O) groups excluding carboxylic acids is 1.